The minimum Gasteiger partial charge on any atom is -0.394 e. The molecule has 1 aliphatic rings. The van der Waals surface area contributed by atoms with Crippen LogP contribution in [0.3, 0.4) is 0 Å². The van der Waals surface area contributed by atoms with Gasteiger partial charge in [-0.3, -0.25) is 4.79 Å². The number of aliphatic hydroxyl groups excluding tert-OH is 1. The van der Waals surface area contributed by atoms with Gasteiger partial charge in [0.25, 0.3) is 0 Å². The first-order valence-electron chi connectivity index (χ1n) is 6.33. The summed E-state index contributed by atoms with van der Waals surface area (Å²) in [6, 6.07) is 9.60. The number of hydrogen-bond donors (Lipinski definition) is 2. The smallest absolute Gasteiger partial charge is 0.249 e. The van der Waals surface area contributed by atoms with E-state index in [-0.39, 0.29) is 24.5 Å². The van der Waals surface area contributed by atoms with Gasteiger partial charge in [0, 0.05) is 5.92 Å². The van der Waals surface area contributed by atoms with E-state index in [1.165, 1.54) is 0 Å². The summed E-state index contributed by atoms with van der Waals surface area (Å²) in [5, 5.41) is 12.0. The third kappa shape index (κ3) is 2.71. The van der Waals surface area contributed by atoms with Crippen LogP contribution >= 0.6 is 0 Å². The van der Waals surface area contributed by atoms with Gasteiger partial charge in [-0.25, -0.2) is 0 Å². The van der Waals surface area contributed by atoms with E-state index in [9.17, 15) is 9.90 Å². The lowest BCUT2D eigenvalue weighted by atomic mass is 9.96. The van der Waals surface area contributed by atoms with Crippen LogP contribution in [0.25, 0.3) is 0 Å². The summed E-state index contributed by atoms with van der Waals surface area (Å²) in [4.78, 5) is 11.8. The molecule has 0 bridgehead atoms. The molecule has 2 N–H and O–H groups in total. The van der Waals surface area contributed by atoms with Gasteiger partial charge in [0.1, 0.15) is 6.10 Å². The van der Waals surface area contributed by atoms with Crippen molar-refractivity contribution in [3.8, 4) is 0 Å². The van der Waals surface area contributed by atoms with E-state index >= 15 is 0 Å². The van der Waals surface area contributed by atoms with Gasteiger partial charge >= 0.3 is 0 Å². The number of amides is 1. The number of hydrogen-bond acceptors (Lipinski definition) is 3. The van der Waals surface area contributed by atoms with E-state index in [0.29, 0.717) is 6.61 Å². The number of carbonyl (C=O) groups excluding carboxylic acids is 1. The largest absolute Gasteiger partial charge is 0.394 e. The van der Waals surface area contributed by atoms with E-state index in [1.54, 1.807) is 0 Å². The molecule has 2 rings (SSSR count). The molecule has 4 nitrogen and oxygen atoms in total. The Morgan fingerprint density at radius 2 is 2.06 bits per heavy atom. The zero-order valence-corrected chi connectivity index (χ0v) is 10.5. The molecule has 1 aromatic carbocycles. The third-order valence-corrected chi connectivity index (χ3v) is 3.43. The van der Waals surface area contributed by atoms with Gasteiger partial charge in [0.2, 0.25) is 5.91 Å². The van der Waals surface area contributed by atoms with E-state index in [1.807, 2.05) is 37.3 Å². The van der Waals surface area contributed by atoms with Crippen molar-refractivity contribution in [2.45, 2.75) is 32.1 Å². The summed E-state index contributed by atoms with van der Waals surface area (Å²) < 4.78 is 5.71. The van der Waals surface area contributed by atoms with Crippen LogP contribution in [0.2, 0.25) is 0 Å². The Bertz CT molecular complexity index is 393. The van der Waals surface area contributed by atoms with Gasteiger partial charge in [-0.15, -0.1) is 0 Å². The minimum atomic E-state index is -0.452. The molecule has 0 saturated carbocycles. The Hall–Kier alpha value is -1.39. The van der Waals surface area contributed by atoms with Crippen LogP contribution in [0, 0.1) is 5.92 Å². The lowest BCUT2D eigenvalue weighted by Crippen LogP contribution is -2.32. The van der Waals surface area contributed by atoms with Crippen molar-refractivity contribution in [2.24, 2.45) is 5.92 Å². The number of nitrogens with one attached hydrogen (secondary N) is 1. The molecule has 0 aliphatic carbocycles. The Morgan fingerprint density at radius 3 is 2.67 bits per heavy atom. The molecule has 1 amide bonds. The predicted octanol–water partition coefficient (Wildman–Crippen LogP) is 1.09. The van der Waals surface area contributed by atoms with Crippen LogP contribution in [0.4, 0.5) is 0 Å². The summed E-state index contributed by atoms with van der Waals surface area (Å²) >= 11 is 0. The highest BCUT2D eigenvalue weighted by atomic mass is 16.5. The van der Waals surface area contributed by atoms with Crippen molar-refractivity contribution in [2.75, 3.05) is 6.61 Å². The first kappa shape index (κ1) is 13.1. The molecule has 0 radical (unpaired) electrons. The molecule has 98 valence electrons. The van der Waals surface area contributed by atoms with Crippen LogP contribution in [0.1, 0.15) is 18.9 Å². The lowest BCUT2D eigenvalue weighted by molar-refractivity contribution is -0.131. The van der Waals surface area contributed by atoms with Crippen LogP contribution in [0.15, 0.2) is 30.3 Å². The summed E-state index contributed by atoms with van der Waals surface area (Å²) in [5.41, 5.74) is 1.05. The Balaban J connectivity index is 1.97. The fourth-order valence-electron chi connectivity index (χ4n) is 2.42. The molecule has 1 aromatic rings. The second kappa shape index (κ2) is 5.98. The SMILES string of the molecule is CC[C@@H]1[C@H](OCc2ccccc2)C(=O)N[C@@H]1CO. The number of benzene rings is 1. The van der Waals surface area contributed by atoms with Gasteiger partial charge < -0.3 is 15.2 Å². The number of ether oxygens (including phenoxy) is 1. The van der Waals surface area contributed by atoms with Gasteiger partial charge in [-0.05, 0) is 12.0 Å². The lowest BCUT2D eigenvalue weighted by Gasteiger charge is -2.19. The van der Waals surface area contributed by atoms with Gasteiger partial charge in [-0.2, -0.15) is 0 Å². The minimum absolute atomic E-state index is 0.0323. The molecule has 4 heteroatoms. The van der Waals surface area contributed by atoms with Crippen molar-refractivity contribution in [1.82, 2.24) is 5.32 Å². The van der Waals surface area contributed by atoms with Crippen LogP contribution in [0.5, 0.6) is 0 Å². The van der Waals surface area contributed by atoms with Crippen molar-refractivity contribution >= 4 is 5.91 Å². The van der Waals surface area contributed by atoms with Crippen molar-refractivity contribution in [3.63, 3.8) is 0 Å². The monoisotopic (exact) mass is 249 g/mol. The van der Waals surface area contributed by atoms with Crippen LogP contribution < -0.4 is 5.32 Å². The molecule has 1 aliphatic heterocycles. The van der Waals surface area contributed by atoms with Gasteiger partial charge in [0.05, 0.1) is 19.3 Å². The van der Waals surface area contributed by atoms with Crippen molar-refractivity contribution in [3.05, 3.63) is 35.9 Å². The first-order chi connectivity index (χ1) is 8.76. The molecule has 0 spiro atoms. The highest BCUT2D eigenvalue weighted by molar-refractivity contribution is 5.84. The number of rotatable bonds is 5. The number of carbonyl (C=O) groups is 1. The maximum absolute atomic E-state index is 11.8. The average Bonchev–Trinajstić information content (AvgIpc) is 2.73. The summed E-state index contributed by atoms with van der Waals surface area (Å²) in [6.45, 7) is 2.40. The molecule has 0 unspecified atom stereocenters. The zero-order valence-electron chi connectivity index (χ0n) is 10.5. The van der Waals surface area contributed by atoms with E-state index in [0.717, 1.165) is 12.0 Å². The van der Waals surface area contributed by atoms with E-state index < -0.39 is 6.10 Å². The van der Waals surface area contributed by atoms with Crippen molar-refractivity contribution in [1.29, 1.82) is 0 Å². The summed E-state index contributed by atoms with van der Waals surface area (Å²) in [7, 11) is 0. The topological polar surface area (TPSA) is 58.6 Å². The highest BCUT2D eigenvalue weighted by Crippen LogP contribution is 2.24. The van der Waals surface area contributed by atoms with Crippen LogP contribution in [-0.4, -0.2) is 29.8 Å². The predicted molar refractivity (Wildman–Crippen MR) is 67.8 cm³/mol. The Morgan fingerprint density at radius 1 is 1.33 bits per heavy atom. The fourth-order valence-corrected chi connectivity index (χ4v) is 2.42. The zero-order chi connectivity index (χ0) is 13.0. The van der Waals surface area contributed by atoms with Crippen LogP contribution in [-0.2, 0) is 16.1 Å². The maximum atomic E-state index is 11.8. The van der Waals surface area contributed by atoms with Crippen molar-refractivity contribution < 1.29 is 14.6 Å². The molecule has 1 saturated heterocycles. The van der Waals surface area contributed by atoms with Gasteiger partial charge in [0.15, 0.2) is 0 Å². The highest BCUT2D eigenvalue weighted by Gasteiger charge is 2.41. The summed E-state index contributed by atoms with van der Waals surface area (Å²) in [6.07, 6.45) is 0.357. The molecule has 0 aromatic heterocycles. The number of aliphatic hydroxyl groups is 1. The molecule has 18 heavy (non-hydrogen) atoms. The quantitative estimate of drug-likeness (QED) is 0.821. The summed E-state index contributed by atoms with van der Waals surface area (Å²) in [5.74, 6) is -0.0666. The molecule has 3 atom stereocenters. The molecular formula is C14H19NO3. The molecule has 1 heterocycles. The Kier molecular flexibility index (Phi) is 4.33. The Labute approximate surface area is 107 Å². The van der Waals surface area contributed by atoms with E-state index in [2.05, 4.69) is 5.32 Å². The standard InChI is InChI=1S/C14H19NO3/c1-2-11-12(8-16)15-14(17)13(11)18-9-10-6-4-3-5-7-10/h3-7,11-13,16H,2,8-9H2,1H3,(H,15,17)/t11-,12+,13-/m0/s1. The average molecular weight is 249 g/mol. The second-order valence-electron chi connectivity index (χ2n) is 4.59. The van der Waals surface area contributed by atoms with E-state index in [4.69, 9.17) is 4.74 Å². The first-order valence-corrected chi connectivity index (χ1v) is 6.33. The second-order valence-corrected chi connectivity index (χ2v) is 4.59. The molecule has 1 fully saturated rings. The third-order valence-electron chi connectivity index (χ3n) is 3.43. The normalized spacial score (nSPS) is 27.2. The van der Waals surface area contributed by atoms with Gasteiger partial charge in [-0.1, -0.05) is 37.3 Å². The maximum Gasteiger partial charge on any atom is 0.249 e. The molecular weight excluding hydrogens is 230 g/mol. The fraction of sp³-hybridized carbons (Fsp3) is 0.500.